The molecule has 6 nitrogen and oxygen atoms in total. The molecule has 2 aromatic carbocycles. The van der Waals surface area contributed by atoms with Crippen molar-refractivity contribution in [3.8, 4) is 0 Å². The molecule has 3 aromatic rings. The smallest absolute Gasteiger partial charge is 0.309 e. The van der Waals surface area contributed by atoms with Gasteiger partial charge in [-0.05, 0) is 80.3 Å². The lowest BCUT2D eigenvalue weighted by Gasteiger charge is -2.16. The Kier molecular flexibility index (Phi) is 7.62. The van der Waals surface area contributed by atoms with Crippen LogP contribution in [-0.2, 0) is 23.7 Å². The second-order valence-corrected chi connectivity index (χ2v) is 9.97. The number of halogens is 6. The lowest BCUT2D eigenvalue weighted by atomic mass is 10.0. The molecule has 1 aliphatic rings. The van der Waals surface area contributed by atoms with Gasteiger partial charge in [0.05, 0.1) is 34.3 Å². The fraction of sp³-hybridized carbons (Fsp3) is 0.320. The molecule has 2 heterocycles. The minimum atomic E-state index is -4.98. The van der Waals surface area contributed by atoms with Gasteiger partial charge >= 0.3 is 12.4 Å². The Morgan fingerprint density at radius 1 is 1.00 bits per heavy atom. The van der Waals surface area contributed by atoms with Crippen LogP contribution in [0.2, 0.25) is 0 Å². The summed E-state index contributed by atoms with van der Waals surface area (Å²) in [5, 5.41) is 4.30. The van der Waals surface area contributed by atoms with Crippen molar-refractivity contribution in [2.75, 3.05) is 27.2 Å². The zero-order valence-corrected chi connectivity index (χ0v) is 21.0. The SMILES string of the molecule is CN(C)CCCN1C(=O)S/C(=C\c2ccc3c(cnn3Cc3ccc(C(F)(F)F)cc3C(F)(F)F)c2)C1=O. The third-order valence-corrected chi connectivity index (χ3v) is 6.79. The zero-order valence-electron chi connectivity index (χ0n) is 20.2. The van der Waals surface area contributed by atoms with E-state index in [1.54, 1.807) is 24.3 Å². The molecule has 0 aliphatic carbocycles. The first kappa shape index (κ1) is 27.7. The van der Waals surface area contributed by atoms with E-state index in [4.69, 9.17) is 0 Å². The monoisotopic (exact) mass is 556 g/mol. The lowest BCUT2D eigenvalue weighted by molar-refractivity contribution is -0.143. The van der Waals surface area contributed by atoms with Crippen molar-refractivity contribution in [1.82, 2.24) is 19.6 Å². The summed E-state index contributed by atoms with van der Waals surface area (Å²) >= 11 is 0.832. The molecule has 0 spiro atoms. The van der Waals surface area contributed by atoms with Crippen molar-refractivity contribution < 1.29 is 35.9 Å². The maximum Gasteiger partial charge on any atom is 0.416 e. The van der Waals surface area contributed by atoms with Crippen LogP contribution >= 0.6 is 11.8 Å². The number of benzene rings is 2. The summed E-state index contributed by atoms with van der Waals surface area (Å²) in [6, 6.07) is 6.40. The zero-order chi connectivity index (χ0) is 27.8. The maximum absolute atomic E-state index is 13.5. The van der Waals surface area contributed by atoms with Crippen molar-refractivity contribution in [3.05, 3.63) is 69.8 Å². The van der Waals surface area contributed by atoms with E-state index in [1.165, 1.54) is 15.8 Å². The second kappa shape index (κ2) is 10.4. The van der Waals surface area contributed by atoms with Gasteiger partial charge in [-0.25, -0.2) is 0 Å². The average molecular weight is 557 g/mol. The third kappa shape index (κ3) is 6.04. The van der Waals surface area contributed by atoms with E-state index >= 15 is 0 Å². The van der Waals surface area contributed by atoms with Crippen LogP contribution in [0.25, 0.3) is 17.0 Å². The number of rotatable bonds is 7. The van der Waals surface area contributed by atoms with Gasteiger partial charge in [-0.1, -0.05) is 12.1 Å². The highest BCUT2D eigenvalue weighted by Gasteiger charge is 2.38. The van der Waals surface area contributed by atoms with E-state index < -0.39 is 35.9 Å². The standard InChI is InChI=1S/C25H22F6N4O2S/c1-33(2)8-3-9-34-22(36)21(38-23(34)37)11-15-4-7-20-17(10-15)13-32-35(20)14-16-5-6-18(24(26,27)28)12-19(16)25(29,30)31/h4-7,10-13H,3,8-9,14H2,1-2H3/b21-11-. The highest BCUT2D eigenvalue weighted by Crippen LogP contribution is 2.38. The fourth-order valence-electron chi connectivity index (χ4n) is 4.03. The Hall–Kier alpha value is -3.32. The molecular formula is C25H22F6N4O2S. The summed E-state index contributed by atoms with van der Waals surface area (Å²) < 4.78 is 80.8. The summed E-state index contributed by atoms with van der Waals surface area (Å²) in [4.78, 5) is 28.4. The van der Waals surface area contributed by atoms with Gasteiger partial charge in [0.1, 0.15) is 0 Å². The predicted octanol–water partition coefficient (Wildman–Crippen LogP) is 6.11. The average Bonchev–Trinajstić information content (AvgIpc) is 3.32. The highest BCUT2D eigenvalue weighted by atomic mass is 32.2. The van der Waals surface area contributed by atoms with Crippen molar-refractivity contribution in [1.29, 1.82) is 0 Å². The molecule has 1 saturated heterocycles. The van der Waals surface area contributed by atoms with Crippen molar-refractivity contribution in [3.63, 3.8) is 0 Å². The molecular weight excluding hydrogens is 534 g/mol. The van der Waals surface area contributed by atoms with E-state index in [1.807, 2.05) is 19.0 Å². The molecule has 4 rings (SSSR count). The largest absolute Gasteiger partial charge is 0.416 e. The van der Waals surface area contributed by atoms with Crippen LogP contribution in [0.1, 0.15) is 28.7 Å². The third-order valence-electron chi connectivity index (χ3n) is 5.89. The Balaban J connectivity index is 1.57. The molecule has 0 unspecified atom stereocenters. The Morgan fingerprint density at radius 2 is 1.74 bits per heavy atom. The van der Waals surface area contributed by atoms with E-state index in [0.717, 1.165) is 24.4 Å². The second-order valence-electron chi connectivity index (χ2n) is 8.98. The molecule has 202 valence electrons. The molecule has 38 heavy (non-hydrogen) atoms. The van der Waals surface area contributed by atoms with Crippen LogP contribution in [0.5, 0.6) is 0 Å². The van der Waals surface area contributed by atoms with E-state index in [2.05, 4.69) is 5.10 Å². The number of thioether (sulfide) groups is 1. The van der Waals surface area contributed by atoms with Crippen LogP contribution < -0.4 is 0 Å². The van der Waals surface area contributed by atoms with Gasteiger partial charge in [0, 0.05) is 11.9 Å². The number of hydrogen-bond donors (Lipinski definition) is 0. The summed E-state index contributed by atoms with van der Waals surface area (Å²) in [5.74, 6) is -0.392. The fourth-order valence-corrected chi connectivity index (χ4v) is 4.89. The van der Waals surface area contributed by atoms with Crippen molar-refractivity contribution >= 4 is 39.9 Å². The van der Waals surface area contributed by atoms with E-state index in [0.29, 0.717) is 35.5 Å². The van der Waals surface area contributed by atoms with Crippen molar-refractivity contribution in [2.24, 2.45) is 0 Å². The number of imide groups is 1. The molecule has 0 radical (unpaired) electrons. The van der Waals surface area contributed by atoms with Crippen LogP contribution in [0, 0.1) is 0 Å². The molecule has 0 bridgehead atoms. The molecule has 1 aliphatic heterocycles. The lowest BCUT2D eigenvalue weighted by Crippen LogP contribution is -2.31. The van der Waals surface area contributed by atoms with E-state index in [-0.39, 0.29) is 21.8 Å². The van der Waals surface area contributed by atoms with E-state index in [9.17, 15) is 35.9 Å². The number of carbonyl (C=O) groups is 2. The minimum absolute atomic E-state index is 0.104. The van der Waals surface area contributed by atoms with Gasteiger partial charge in [0.25, 0.3) is 11.1 Å². The first-order valence-corrected chi connectivity index (χ1v) is 12.2. The van der Waals surface area contributed by atoms with Crippen LogP contribution in [0.4, 0.5) is 31.1 Å². The summed E-state index contributed by atoms with van der Waals surface area (Å²) in [6.45, 7) is 0.621. The maximum atomic E-state index is 13.5. The van der Waals surface area contributed by atoms with Gasteiger partial charge in [0.2, 0.25) is 0 Å². The van der Waals surface area contributed by atoms with Gasteiger partial charge < -0.3 is 4.90 Å². The Labute approximate surface area is 217 Å². The minimum Gasteiger partial charge on any atom is -0.309 e. The number of carbonyl (C=O) groups excluding carboxylic acids is 2. The van der Waals surface area contributed by atoms with Crippen LogP contribution in [-0.4, -0.2) is 57.9 Å². The number of amides is 2. The first-order valence-electron chi connectivity index (χ1n) is 11.4. The summed E-state index contributed by atoms with van der Waals surface area (Å²) in [5.41, 5.74) is -2.09. The van der Waals surface area contributed by atoms with Crippen LogP contribution in [0.3, 0.4) is 0 Å². The first-order chi connectivity index (χ1) is 17.7. The molecule has 2 amide bonds. The van der Waals surface area contributed by atoms with Gasteiger partial charge in [0.15, 0.2) is 0 Å². The topological polar surface area (TPSA) is 58.4 Å². The highest BCUT2D eigenvalue weighted by molar-refractivity contribution is 8.18. The molecule has 0 atom stereocenters. The Morgan fingerprint density at radius 3 is 2.39 bits per heavy atom. The quantitative estimate of drug-likeness (QED) is 0.260. The number of hydrogen-bond acceptors (Lipinski definition) is 5. The molecule has 1 aromatic heterocycles. The molecule has 13 heteroatoms. The predicted molar refractivity (Wildman–Crippen MR) is 131 cm³/mol. The van der Waals surface area contributed by atoms with Crippen LogP contribution in [0.15, 0.2) is 47.5 Å². The number of fused-ring (bicyclic) bond motifs is 1. The normalized spacial score (nSPS) is 16.0. The molecule has 0 saturated carbocycles. The molecule has 0 N–H and O–H groups in total. The van der Waals surface area contributed by atoms with Gasteiger partial charge in [-0.3, -0.25) is 19.2 Å². The molecule has 1 fully saturated rings. The summed E-state index contributed by atoms with van der Waals surface area (Å²) in [7, 11) is 3.79. The van der Waals surface area contributed by atoms with Crippen molar-refractivity contribution in [2.45, 2.75) is 25.3 Å². The Bertz CT molecular complexity index is 1410. The number of nitrogens with zero attached hydrogens (tertiary/aromatic N) is 4. The van der Waals surface area contributed by atoms with Gasteiger partial charge in [-0.15, -0.1) is 0 Å². The summed E-state index contributed by atoms with van der Waals surface area (Å²) in [6.07, 6.45) is -6.28. The number of alkyl halides is 6. The number of aromatic nitrogens is 2. The van der Waals surface area contributed by atoms with Gasteiger partial charge in [-0.2, -0.15) is 31.4 Å².